The van der Waals surface area contributed by atoms with Gasteiger partial charge in [0, 0.05) is 18.6 Å². The summed E-state index contributed by atoms with van der Waals surface area (Å²) in [5, 5.41) is 3.61. The van der Waals surface area contributed by atoms with Crippen LogP contribution in [-0.4, -0.2) is 37.6 Å². The van der Waals surface area contributed by atoms with Crippen molar-refractivity contribution in [1.29, 1.82) is 0 Å². The van der Waals surface area contributed by atoms with Crippen molar-refractivity contribution in [2.24, 2.45) is 23.7 Å². The van der Waals surface area contributed by atoms with Crippen LogP contribution < -0.4 is 5.32 Å². The van der Waals surface area contributed by atoms with E-state index in [1.54, 1.807) is 0 Å². The summed E-state index contributed by atoms with van der Waals surface area (Å²) >= 11 is 0. The Morgan fingerprint density at radius 2 is 1.81 bits per heavy atom. The average molecular weight is 295 g/mol. The zero-order valence-corrected chi connectivity index (χ0v) is 15.1. The van der Waals surface area contributed by atoms with Gasteiger partial charge in [-0.1, -0.05) is 33.6 Å². The Morgan fingerprint density at radius 1 is 1.10 bits per heavy atom. The quantitative estimate of drug-likeness (QED) is 0.819. The highest BCUT2D eigenvalue weighted by molar-refractivity contribution is 4.88. The molecule has 0 radical (unpaired) electrons. The van der Waals surface area contributed by atoms with Gasteiger partial charge in [0.15, 0.2) is 0 Å². The Balaban J connectivity index is 1.93. The van der Waals surface area contributed by atoms with Crippen LogP contribution >= 0.6 is 0 Å². The van der Waals surface area contributed by atoms with Crippen molar-refractivity contribution in [3.8, 4) is 0 Å². The highest BCUT2D eigenvalue weighted by atomic mass is 15.1. The molecule has 2 fully saturated rings. The first-order chi connectivity index (χ1) is 10.0. The van der Waals surface area contributed by atoms with Crippen molar-refractivity contribution < 1.29 is 0 Å². The zero-order valence-electron chi connectivity index (χ0n) is 15.1. The maximum Gasteiger partial charge on any atom is 0.0118 e. The summed E-state index contributed by atoms with van der Waals surface area (Å²) in [5.74, 6) is 3.53. The molecular weight excluding hydrogens is 256 g/mol. The molecule has 124 valence electrons. The van der Waals surface area contributed by atoms with E-state index >= 15 is 0 Å². The second kappa shape index (κ2) is 7.97. The topological polar surface area (TPSA) is 15.3 Å². The first-order valence-corrected chi connectivity index (χ1v) is 9.40. The van der Waals surface area contributed by atoms with Gasteiger partial charge in [0.05, 0.1) is 0 Å². The van der Waals surface area contributed by atoms with Crippen LogP contribution in [0.5, 0.6) is 0 Å². The SMILES string of the molecule is CNC1CCC(C(C)C)CC1CN(C)C1CCCCC1C. The van der Waals surface area contributed by atoms with Crippen LogP contribution in [0.1, 0.15) is 65.7 Å². The van der Waals surface area contributed by atoms with E-state index in [2.05, 4.69) is 45.1 Å². The Hall–Kier alpha value is -0.0800. The van der Waals surface area contributed by atoms with Gasteiger partial charge in [-0.3, -0.25) is 0 Å². The normalized spacial score (nSPS) is 38.1. The lowest BCUT2D eigenvalue weighted by molar-refractivity contribution is 0.0824. The van der Waals surface area contributed by atoms with Crippen molar-refractivity contribution in [1.82, 2.24) is 10.2 Å². The zero-order chi connectivity index (χ0) is 15.4. The molecule has 2 rings (SSSR count). The van der Waals surface area contributed by atoms with Gasteiger partial charge < -0.3 is 10.2 Å². The minimum Gasteiger partial charge on any atom is -0.317 e. The average Bonchev–Trinajstić information content (AvgIpc) is 2.47. The minimum atomic E-state index is 0.737. The molecule has 2 aliphatic rings. The molecule has 0 aromatic carbocycles. The molecule has 0 heterocycles. The van der Waals surface area contributed by atoms with E-state index in [0.29, 0.717) is 0 Å². The van der Waals surface area contributed by atoms with E-state index in [0.717, 1.165) is 35.8 Å². The second-order valence-corrected chi connectivity index (χ2v) is 8.24. The lowest BCUT2D eigenvalue weighted by atomic mass is 9.73. The highest BCUT2D eigenvalue weighted by Crippen LogP contribution is 2.35. The summed E-state index contributed by atoms with van der Waals surface area (Å²) in [4.78, 5) is 2.71. The van der Waals surface area contributed by atoms with Gasteiger partial charge in [-0.2, -0.15) is 0 Å². The van der Waals surface area contributed by atoms with Crippen molar-refractivity contribution in [2.75, 3.05) is 20.6 Å². The predicted molar refractivity (Wildman–Crippen MR) is 92.6 cm³/mol. The molecule has 21 heavy (non-hydrogen) atoms. The molecule has 0 spiro atoms. The van der Waals surface area contributed by atoms with Gasteiger partial charge in [0.2, 0.25) is 0 Å². The Kier molecular flexibility index (Phi) is 6.55. The molecular formula is C19H38N2. The molecule has 5 unspecified atom stereocenters. The van der Waals surface area contributed by atoms with E-state index in [4.69, 9.17) is 0 Å². The summed E-state index contributed by atoms with van der Waals surface area (Å²) in [6, 6.07) is 1.57. The van der Waals surface area contributed by atoms with Gasteiger partial charge >= 0.3 is 0 Å². The molecule has 0 aliphatic heterocycles. The van der Waals surface area contributed by atoms with Crippen molar-refractivity contribution >= 4 is 0 Å². The first kappa shape index (κ1) is 17.3. The molecule has 2 nitrogen and oxygen atoms in total. The Labute approximate surface area is 133 Å². The summed E-state index contributed by atoms with van der Waals surface area (Å²) in [6.07, 6.45) is 9.96. The number of nitrogens with zero attached hydrogens (tertiary/aromatic N) is 1. The lowest BCUT2D eigenvalue weighted by Crippen LogP contribution is -2.48. The third kappa shape index (κ3) is 4.45. The molecule has 1 N–H and O–H groups in total. The number of hydrogen-bond acceptors (Lipinski definition) is 2. The van der Waals surface area contributed by atoms with Crippen molar-refractivity contribution in [2.45, 2.75) is 77.8 Å². The molecule has 0 amide bonds. The Morgan fingerprint density at radius 3 is 2.43 bits per heavy atom. The summed E-state index contributed by atoms with van der Waals surface area (Å²) < 4.78 is 0. The molecule has 2 heteroatoms. The van der Waals surface area contributed by atoms with Crippen LogP contribution in [0.2, 0.25) is 0 Å². The molecule has 0 aromatic heterocycles. The van der Waals surface area contributed by atoms with Gasteiger partial charge in [0.25, 0.3) is 0 Å². The van der Waals surface area contributed by atoms with Crippen LogP contribution in [-0.2, 0) is 0 Å². The molecule has 0 aromatic rings. The van der Waals surface area contributed by atoms with E-state index in [9.17, 15) is 0 Å². The fourth-order valence-corrected chi connectivity index (χ4v) is 4.94. The van der Waals surface area contributed by atoms with Gasteiger partial charge in [-0.25, -0.2) is 0 Å². The van der Waals surface area contributed by atoms with Crippen LogP contribution in [0.3, 0.4) is 0 Å². The first-order valence-electron chi connectivity index (χ1n) is 9.40. The van der Waals surface area contributed by atoms with E-state index < -0.39 is 0 Å². The molecule has 0 bridgehead atoms. The van der Waals surface area contributed by atoms with Crippen LogP contribution in [0.4, 0.5) is 0 Å². The van der Waals surface area contributed by atoms with Gasteiger partial charge in [-0.05, 0) is 69.9 Å². The monoisotopic (exact) mass is 294 g/mol. The lowest BCUT2D eigenvalue weighted by Gasteiger charge is -2.43. The predicted octanol–water partition coefficient (Wildman–Crippen LogP) is 4.16. The smallest absolute Gasteiger partial charge is 0.0118 e. The second-order valence-electron chi connectivity index (χ2n) is 8.24. The van der Waals surface area contributed by atoms with Crippen molar-refractivity contribution in [3.05, 3.63) is 0 Å². The van der Waals surface area contributed by atoms with E-state index in [1.165, 1.54) is 51.5 Å². The molecule has 2 saturated carbocycles. The number of nitrogens with one attached hydrogen (secondary N) is 1. The van der Waals surface area contributed by atoms with Gasteiger partial charge in [-0.15, -0.1) is 0 Å². The molecule has 5 atom stereocenters. The maximum absolute atomic E-state index is 3.61. The van der Waals surface area contributed by atoms with E-state index in [1.807, 2.05) is 0 Å². The molecule has 0 saturated heterocycles. The van der Waals surface area contributed by atoms with Crippen LogP contribution in [0, 0.1) is 23.7 Å². The number of rotatable bonds is 5. The fraction of sp³-hybridized carbons (Fsp3) is 1.00. The number of hydrogen-bond donors (Lipinski definition) is 1. The summed E-state index contributed by atoms with van der Waals surface area (Å²) in [7, 11) is 4.55. The highest BCUT2D eigenvalue weighted by Gasteiger charge is 2.33. The van der Waals surface area contributed by atoms with Crippen LogP contribution in [0.15, 0.2) is 0 Å². The van der Waals surface area contributed by atoms with Crippen LogP contribution in [0.25, 0.3) is 0 Å². The van der Waals surface area contributed by atoms with Crippen molar-refractivity contribution in [3.63, 3.8) is 0 Å². The largest absolute Gasteiger partial charge is 0.317 e. The standard InChI is InChI=1S/C19H38N2/c1-14(2)16-10-11-18(20-4)17(12-16)13-21(5)19-9-7-6-8-15(19)3/h14-20H,6-13H2,1-5H3. The summed E-state index contributed by atoms with van der Waals surface area (Å²) in [5.41, 5.74) is 0. The minimum absolute atomic E-state index is 0.737. The van der Waals surface area contributed by atoms with Gasteiger partial charge in [0.1, 0.15) is 0 Å². The fourth-order valence-electron chi connectivity index (χ4n) is 4.94. The maximum atomic E-state index is 3.61. The van der Waals surface area contributed by atoms with E-state index in [-0.39, 0.29) is 0 Å². The third-order valence-corrected chi connectivity index (χ3v) is 6.49. The Bertz CT molecular complexity index is 302. The summed E-state index contributed by atoms with van der Waals surface area (Å²) in [6.45, 7) is 8.58. The molecule has 2 aliphatic carbocycles. The third-order valence-electron chi connectivity index (χ3n) is 6.49.